The van der Waals surface area contributed by atoms with E-state index in [1.807, 2.05) is 28.8 Å². The van der Waals surface area contributed by atoms with Crippen LogP contribution in [0.25, 0.3) is 21.8 Å². The molecule has 0 saturated carbocycles. The molecule has 3 aromatic rings. The molecule has 0 fully saturated rings. The second-order valence-electron chi connectivity index (χ2n) is 5.72. The van der Waals surface area contributed by atoms with Crippen molar-refractivity contribution in [3.8, 4) is 5.75 Å². The molecule has 2 aromatic heterocycles. The van der Waals surface area contributed by atoms with E-state index in [0.717, 1.165) is 21.8 Å². The summed E-state index contributed by atoms with van der Waals surface area (Å²) in [6, 6.07) is 5.82. The van der Waals surface area contributed by atoms with Crippen LogP contribution in [0.15, 0.2) is 36.7 Å². The SMILES string of the molecule is COc1ccc2c3ccncc3n(CCCC(N)C(F)(F)F)c2c1. The van der Waals surface area contributed by atoms with Gasteiger partial charge in [0.2, 0.25) is 0 Å². The van der Waals surface area contributed by atoms with Crippen molar-refractivity contribution < 1.29 is 17.9 Å². The minimum atomic E-state index is -4.36. The molecular weight excluding hydrogens is 319 g/mol. The van der Waals surface area contributed by atoms with E-state index < -0.39 is 12.2 Å². The number of nitrogens with zero attached hydrogens (tertiary/aromatic N) is 2. The third kappa shape index (κ3) is 3.03. The second kappa shape index (κ2) is 6.32. The summed E-state index contributed by atoms with van der Waals surface area (Å²) >= 11 is 0. The van der Waals surface area contributed by atoms with Gasteiger partial charge in [0, 0.05) is 29.6 Å². The van der Waals surface area contributed by atoms with Gasteiger partial charge in [-0.1, -0.05) is 0 Å². The van der Waals surface area contributed by atoms with Gasteiger partial charge in [-0.15, -0.1) is 0 Å². The molecule has 0 saturated heterocycles. The molecule has 0 aliphatic heterocycles. The summed E-state index contributed by atoms with van der Waals surface area (Å²) in [5.74, 6) is 0.700. The summed E-state index contributed by atoms with van der Waals surface area (Å²) in [5.41, 5.74) is 7.00. The Balaban J connectivity index is 1.95. The number of ether oxygens (including phenoxy) is 1. The van der Waals surface area contributed by atoms with Crippen molar-refractivity contribution in [2.24, 2.45) is 5.73 Å². The Labute approximate surface area is 137 Å². The van der Waals surface area contributed by atoms with Crippen LogP contribution in [0, 0.1) is 0 Å². The highest BCUT2D eigenvalue weighted by molar-refractivity contribution is 6.08. The number of hydrogen-bond acceptors (Lipinski definition) is 3. The zero-order valence-electron chi connectivity index (χ0n) is 13.2. The van der Waals surface area contributed by atoms with Gasteiger partial charge in [0.25, 0.3) is 0 Å². The van der Waals surface area contributed by atoms with Gasteiger partial charge in [0.05, 0.1) is 24.3 Å². The zero-order valence-corrected chi connectivity index (χ0v) is 13.2. The average Bonchev–Trinajstić information content (AvgIpc) is 2.87. The van der Waals surface area contributed by atoms with Crippen LogP contribution in [0.2, 0.25) is 0 Å². The molecule has 3 rings (SSSR count). The molecule has 2 heterocycles. The van der Waals surface area contributed by atoms with Crippen molar-refractivity contribution in [2.45, 2.75) is 31.6 Å². The summed E-state index contributed by atoms with van der Waals surface area (Å²) < 4.78 is 44.9. The van der Waals surface area contributed by atoms with E-state index in [-0.39, 0.29) is 6.42 Å². The molecule has 0 aliphatic carbocycles. The minimum Gasteiger partial charge on any atom is -0.497 e. The van der Waals surface area contributed by atoms with E-state index in [1.165, 1.54) is 0 Å². The first-order chi connectivity index (χ1) is 11.4. The van der Waals surface area contributed by atoms with Gasteiger partial charge in [-0.05, 0) is 31.0 Å². The Morgan fingerprint density at radius 1 is 1.21 bits per heavy atom. The number of hydrogen-bond donors (Lipinski definition) is 1. The van der Waals surface area contributed by atoms with Crippen LogP contribution >= 0.6 is 0 Å². The Morgan fingerprint density at radius 2 is 1.96 bits per heavy atom. The van der Waals surface area contributed by atoms with E-state index in [9.17, 15) is 13.2 Å². The lowest BCUT2D eigenvalue weighted by molar-refractivity contribution is -0.149. The molecule has 0 spiro atoms. The second-order valence-corrected chi connectivity index (χ2v) is 5.72. The lowest BCUT2D eigenvalue weighted by Crippen LogP contribution is -2.37. The number of benzene rings is 1. The average molecular weight is 337 g/mol. The van der Waals surface area contributed by atoms with Crippen molar-refractivity contribution in [1.82, 2.24) is 9.55 Å². The van der Waals surface area contributed by atoms with Crippen molar-refractivity contribution in [1.29, 1.82) is 0 Å². The summed E-state index contributed by atoms with van der Waals surface area (Å²) in [4.78, 5) is 4.14. The normalized spacial score (nSPS) is 13.5. The predicted octanol–water partition coefficient (Wildman–Crippen LogP) is 3.87. The monoisotopic (exact) mass is 337 g/mol. The topological polar surface area (TPSA) is 53.1 Å². The highest BCUT2D eigenvalue weighted by Gasteiger charge is 2.35. The third-order valence-electron chi connectivity index (χ3n) is 4.19. The smallest absolute Gasteiger partial charge is 0.403 e. The summed E-state index contributed by atoms with van der Waals surface area (Å²) in [6.45, 7) is 0.433. The molecule has 1 aromatic carbocycles. The van der Waals surface area contributed by atoms with E-state index >= 15 is 0 Å². The highest BCUT2D eigenvalue weighted by Crippen LogP contribution is 2.31. The number of nitrogens with two attached hydrogens (primary N) is 1. The quantitative estimate of drug-likeness (QED) is 0.769. The van der Waals surface area contributed by atoms with Crippen molar-refractivity contribution >= 4 is 21.8 Å². The van der Waals surface area contributed by atoms with Crippen LogP contribution in [0.4, 0.5) is 13.2 Å². The molecule has 0 aliphatic rings. The van der Waals surface area contributed by atoms with E-state index in [4.69, 9.17) is 10.5 Å². The number of pyridine rings is 1. The number of methoxy groups -OCH3 is 1. The molecule has 0 bridgehead atoms. The standard InChI is InChI=1S/C17H18F3N3O/c1-24-11-4-5-12-13-6-7-22-10-15(13)23(14(12)9-11)8-2-3-16(21)17(18,19)20/h4-7,9-10,16H,2-3,8,21H2,1H3. The molecule has 7 heteroatoms. The largest absolute Gasteiger partial charge is 0.497 e. The van der Waals surface area contributed by atoms with E-state index in [1.54, 1.807) is 19.5 Å². The maximum atomic E-state index is 12.6. The number of alkyl halides is 3. The number of aryl methyl sites for hydroxylation is 1. The fraction of sp³-hybridized carbons (Fsp3) is 0.353. The summed E-state index contributed by atoms with van der Waals surface area (Å²) in [6.07, 6.45) is -0.715. The number of halogens is 3. The maximum Gasteiger partial charge on any atom is 0.403 e. The van der Waals surface area contributed by atoms with Gasteiger partial charge >= 0.3 is 6.18 Å². The fourth-order valence-corrected chi connectivity index (χ4v) is 2.92. The number of fused-ring (bicyclic) bond motifs is 3. The van der Waals surface area contributed by atoms with Gasteiger partial charge < -0.3 is 15.0 Å². The Bertz CT molecular complexity index is 857. The third-order valence-corrected chi connectivity index (χ3v) is 4.19. The Kier molecular flexibility index (Phi) is 4.36. The van der Waals surface area contributed by atoms with Gasteiger partial charge in [0.15, 0.2) is 0 Å². The minimum absolute atomic E-state index is 0.116. The first-order valence-corrected chi connectivity index (χ1v) is 7.64. The summed E-state index contributed by atoms with van der Waals surface area (Å²) in [5, 5.41) is 2.04. The molecule has 1 unspecified atom stereocenters. The van der Waals surface area contributed by atoms with Crippen LogP contribution in [0.3, 0.4) is 0 Å². The lowest BCUT2D eigenvalue weighted by atomic mass is 10.1. The zero-order chi connectivity index (χ0) is 17.3. The van der Waals surface area contributed by atoms with Gasteiger partial charge in [-0.25, -0.2) is 0 Å². The van der Waals surface area contributed by atoms with Crippen LogP contribution < -0.4 is 10.5 Å². The lowest BCUT2D eigenvalue weighted by Gasteiger charge is -2.16. The number of rotatable bonds is 5. The van der Waals surface area contributed by atoms with Gasteiger partial charge in [-0.2, -0.15) is 13.2 Å². The maximum absolute atomic E-state index is 12.6. The van der Waals surface area contributed by atoms with E-state index in [0.29, 0.717) is 18.7 Å². The fourth-order valence-electron chi connectivity index (χ4n) is 2.92. The van der Waals surface area contributed by atoms with Crippen molar-refractivity contribution in [2.75, 3.05) is 7.11 Å². The molecule has 128 valence electrons. The molecule has 4 nitrogen and oxygen atoms in total. The predicted molar refractivity (Wildman–Crippen MR) is 87.1 cm³/mol. The van der Waals surface area contributed by atoms with Crippen molar-refractivity contribution in [3.05, 3.63) is 36.7 Å². The van der Waals surface area contributed by atoms with Crippen LogP contribution in [0.1, 0.15) is 12.8 Å². The van der Waals surface area contributed by atoms with Crippen molar-refractivity contribution in [3.63, 3.8) is 0 Å². The Morgan fingerprint density at radius 3 is 2.67 bits per heavy atom. The molecule has 0 radical (unpaired) electrons. The van der Waals surface area contributed by atoms with Crippen LogP contribution in [0.5, 0.6) is 5.75 Å². The molecular formula is C17H18F3N3O. The first kappa shape index (κ1) is 16.6. The Hall–Kier alpha value is -2.28. The van der Waals surface area contributed by atoms with E-state index in [2.05, 4.69) is 4.98 Å². The van der Waals surface area contributed by atoms with Crippen LogP contribution in [-0.4, -0.2) is 28.9 Å². The molecule has 24 heavy (non-hydrogen) atoms. The van der Waals surface area contributed by atoms with Crippen LogP contribution in [-0.2, 0) is 6.54 Å². The van der Waals surface area contributed by atoms with Gasteiger partial charge in [0.1, 0.15) is 11.8 Å². The number of aromatic nitrogens is 2. The molecule has 1 atom stereocenters. The highest BCUT2D eigenvalue weighted by atomic mass is 19.4. The molecule has 0 amide bonds. The molecule has 2 N–H and O–H groups in total. The first-order valence-electron chi connectivity index (χ1n) is 7.64. The summed E-state index contributed by atoms with van der Waals surface area (Å²) in [7, 11) is 1.58. The van der Waals surface area contributed by atoms with Gasteiger partial charge in [-0.3, -0.25) is 4.98 Å².